The van der Waals surface area contributed by atoms with Gasteiger partial charge in [0.15, 0.2) is 0 Å². The number of fused-ring (bicyclic) bond motifs is 5. The third-order valence-corrected chi connectivity index (χ3v) is 11.9. The van der Waals surface area contributed by atoms with Crippen molar-refractivity contribution in [3.05, 3.63) is 240 Å². The molecule has 1 heterocycles. The number of allylic oxidation sites excluding steroid dienone is 9. The molecule has 10 rings (SSSR count). The molecule has 0 aliphatic heterocycles. The van der Waals surface area contributed by atoms with E-state index in [9.17, 15) is 0 Å². The van der Waals surface area contributed by atoms with E-state index in [1.807, 2.05) is 33.8 Å². The van der Waals surface area contributed by atoms with Crippen molar-refractivity contribution in [3.8, 4) is 22.3 Å². The van der Waals surface area contributed by atoms with E-state index in [1.165, 1.54) is 55.5 Å². The molecule has 61 heavy (non-hydrogen) atoms. The van der Waals surface area contributed by atoms with Gasteiger partial charge < -0.3 is 9.32 Å². The maximum absolute atomic E-state index is 6.96. The number of aryl methyl sites for hydroxylation is 1. The molecule has 1 unspecified atom stereocenters. The van der Waals surface area contributed by atoms with Gasteiger partial charge in [-0.05, 0) is 99.7 Å². The Hall–Kier alpha value is -6.90. The van der Waals surface area contributed by atoms with Crippen molar-refractivity contribution in [1.29, 1.82) is 0 Å². The Morgan fingerprint density at radius 3 is 1.79 bits per heavy atom. The lowest BCUT2D eigenvalue weighted by molar-refractivity contribution is 0.538. The molecule has 0 fully saturated rings. The van der Waals surface area contributed by atoms with E-state index < -0.39 is 5.41 Å². The van der Waals surface area contributed by atoms with Crippen LogP contribution in [0.1, 0.15) is 75.0 Å². The second-order valence-corrected chi connectivity index (χ2v) is 15.1. The van der Waals surface area contributed by atoms with E-state index in [2.05, 4.69) is 206 Å². The Bertz CT molecular complexity index is 2690. The number of rotatable bonds is 9. The Kier molecular flexibility index (Phi) is 12.4. The van der Waals surface area contributed by atoms with Gasteiger partial charge in [-0.25, -0.2) is 0 Å². The van der Waals surface area contributed by atoms with E-state index in [4.69, 9.17) is 4.42 Å². The van der Waals surface area contributed by atoms with E-state index in [1.54, 1.807) is 0 Å². The van der Waals surface area contributed by atoms with Crippen molar-refractivity contribution in [2.75, 3.05) is 4.90 Å². The van der Waals surface area contributed by atoms with Crippen molar-refractivity contribution in [2.24, 2.45) is 0 Å². The topological polar surface area (TPSA) is 16.4 Å². The standard InChI is InChI=1S/C55H43NO.2C2H6/c1-2-16-43(37-38-56(44-33-29-41(30-34-44)39-17-5-3-6-18-39)45-35-31-42(32-36-45)40-19-7-4-8-20-40)55(50-25-12-9-21-46(50)47-22-10-13-26-51(47)55)52-27-15-24-49-48-23-11-14-28-53(48)57-54(49)52;2*1-2/h2-9,11-13,15-21,23-27,29-38H,1,10,14,22,28H2;2*1-2H3/b38-37?,43-16+;;. The summed E-state index contributed by atoms with van der Waals surface area (Å²) >= 11 is 0. The zero-order chi connectivity index (χ0) is 42.2. The molecule has 1 atom stereocenters. The Labute approximate surface area is 362 Å². The molecule has 6 aromatic carbocycles. The largest absolute Gasteiger partial charge is 0.460 e. The third-order valence-electron chi connectivity index (χ3n) is 11.9. The van der Waals surface area contributed by atoms with Gasteiger partial charge in [0.25, 0.3) is 0 Å². The maximum atomic E-state index is 6.96. The van der Waals surface area contributed by atoms with Crippen LogP contribution in [-0.2, 0) is 11.8 Å². The Balaban J connectivity index is 0.00000125. The zero-order valence-corrected chi connectivity index (χ0v) is 35.9. The van der Waals surface area contributed by atoms with Crippen molar-refractivity contribution < 1.29 is 4.42 Å². The van der Waals surface area contributed by atoms with Crippen LogP contribution in [-0.4, -0.2) is 0 Å². The molecule has 3 aliphatic rings. The number of hydrogen-bond acceptors (Lipinski definition) is 2. The van der Waals surface area contributed by atoms with Crippen molar-refractivity contribution in [3.63, 3.8) is 0 Å². The quantitative estimate of drug-likeness (QED) is 0.135. The summed E-state index contributed by atoms with van der Waals surface area (Å²) in [4.78, 5) is 2.30. The van der Waals surface area contributed by atoms with E-state index in [-0.39, 0.29) is 0 Å². The molecule has 2 nitrogen and oxygen atoms in total. The summed E-state index contributed by atoms with van der Waals surface area (Å²) in [6.07, 6.45) is 21.9. The number of hydrogen-bond donors (Lipinski definition) is 0. The number of benzene rings is 6. The number of para-hydroxylation sites is 1. The van der Waals surface area contributed by atoms with Crippen molar-refractivity contribution in [1.82, 2.24) is 0 Å². The van der Waals surface area contributed by atoms with Gasteiger partial charge in [0.1, 0.15) is 11.3 Å². The van der Waals surface area contributed by atoms with Crippen LogP contribution in [0.3, 0.4) is 0 Å². The highest BCUT2D eigenvalue weighted by molar-refractivity contribution is 5.97. The monoisotopic (exact) mass is 793 g/mol. The molecule has 0 saturated carbocycles. The van der Waals surface area contributed by atoms with Gasteiger partial charge in [0.05, 0.1) is 5.41 Å². The van der Waals surface area contributed by atoms with E-state index in [0.29, 0.717) is 0 Å². The SMILES string of the molecule is C=C/C=C(\C=CN(c1ccc(-c2ccccc2)cc1)c1ccc(-c2ccccc2)cc1)C1(c2cccc3c4c(oc23)CCC=C4)C2=C(CCC=C2)c2ccccc21.CC.CC. The normalized spacial score (nSPS) is 16.2. The van der Waals surface area contributed by atoms with Crippen LogP contribution < -0.4 is 4.90 Å². The molecular weight excluding hydrogens is 739 g/mol. The third kappa shape index (κ3) is 7.49. The predicted molar refractivity (Wildman–Crippen MR) is 262 cm³/mol. The van der Waals surface area contributed by atoms with Crippen LogP contribution in [0, 0.1) is 0 Å². The molecule has 0 bridgehead atoms. The second-order valence-electron chi connectivity index (χ2n) is 15.1. The molecule has 0 saturated heterocycles. The molecule has 7 aromatic rings. The van der Waals surface area contributed by atoms with Crippen LogP contribution >= 0.6 is 0 Å². The van der Waals surface area contributed by atoms with Gasteiger partial charge in [-0.2, -0.15) is 0 Å². The predicted octanol–water partition coefficient (Wildman–Crippen LogP) is 16.6. The van der Waals surface area contributed by atoms with Gasteiger partial charge in [-0.1, -0.05) is 198 Å². The highest BCUT2D eigenvalue weighted by Crippen LogP contribution is 2.59. The van der Waals surface area contributed by atoms with Crippen LogP contribution in [0.25, 0.3) is 44.9 Å². The van der Waals surface area contributed by atoms with E-state index in [0.717, 1.165) is 59.5 Å². The minimum Gasteiger partial charge on any atom is -0.460 e. The second kappa shape index (κ2) is 18.6. The highest BCUT2D eigenvalue weighted by Gasteiger charge is 2.49. The lowest BCUT2D eigenvalue weighted by Crippen LogP contribution is -2.30. The molecule has 3 aliphatic carbocycles. The first kappa shape index (κ1) is 40.9. The number of nitrogens with zero attached hydrogens (tertiary/aromatic N) is 1. The average Bonchev–Trinajstić information content (AvgIpc) is 3.88. The number of anilines is 2. The van der Waals surface area contributed by atoms with Crippen LogP contribution in [0.15, 0.2) is 216 Å². The summed E-state index contributed by atoms with van der Waals surface area (Å²) < 4.78 is 6.96. The molecule has 2 heteroatoms. The summed E-state index contributed by atoms with van der Waals surface area (Å²) in [7, 11) is 0. The highest BCUT2D eigenvalue weighted by atomic mass is 16.3. The van der Waals surface area contributed by atoms with Crippen LogP contribution in [0.4, 0.5) is 11.4 Å². The minimum absolute atomic E-state index is 0.642. The first-order valence-electron chi connectivity index (χ1n) is 22.1. The first-order chi connectivity index (χ1) is 30.2. The van der Waals surface area contributed by atoms with Crippen LogP contribution in [0.5, 0.6) is 0 Å². The molecule has 0 amide bonds. The van der Waals surface area contributed by atoms with Crippen molar-refractivity contribution >= 4 is 34.0 Å². The summed E-state index contributed by atoms with van der Waals surface area (Å²) in [5.41, 5.74) is 16.1. The Morgan fingerprint density at radius 1 is 0.590 bits per heavy atom. The van der Waals surface area contributed by atoms with Crippen molar-refractivity contribution in [2.45, 2.75) is 58.8 Å². The molecule has 0 spiro atoms. The van der Waals surface area contributed by atoms with Gasteiger partial charge in [0, 0.05) is 40.5 Å². The fraction of sp³-hybridized carbons (Fsp3) is 0.153. The summed E-state index contributed by atoms with van der Waals surface area (Å²) in [5.74, 6) is 1.07. The van der Waals surface area contributed by atoms with Crippen LogP contribution in [0.2, 0.25) is 0 Å². The molecule has 1 aromatic heterocycles. The van der Waals surface area contributed by atoms with Gasteiger partial charge >= 0.3 is 0 Å². The molecule has 0 radical (unpaired) electrons. The summed E-state index contributed by atoms with van der Waals surface area (Å²) in [5, 5.41) is 1.17. The van der Waals surface area contributed by atoms with Gasteiger partial charge in [-0.3, -0.25) is 0 Å². The Morgan fingerprint density at radius 2 is 1.15 bits per heavy atom. The molecule has 302 valence electrons. The smallest absolute Gasteiger partial charge is 0.139 e. The lowest BCUT2D eigenvalue weighted by Gasteiger charge is -2.36. The van der Waals surface area contributed by atoms with Gasteiger partial charge in [0.2, 0.25) is 0 Å². The fourth-order valence-corrected chi connectivity index (χ4v) is 9.34. The van der Waals surface area contributed by atoms with E-state index >= 15 is 0 Å². The zero-order valence-electron chi connectivity index (χ0n) is 35.9. The average molecular weight is 794 g/mol. The fourth-order valence-electron chi connectivity index (χ4n) is 9.34. The van der Waals surface area contributed by atoms with Gasteiger partial charge in [-0.15, -0.1) is 0 Å². The lowest BCUT2D eigenvalue weighted by atomic mass is 9.65. The summed E-state index contributed by atoms with van der Waals surface area (Å²) in [6.45, 7) is 12.3. The maximum Gasteiger partial charge on any atom is 0.139 e. The minimum atomic E-state index is -0.642. The first-order valence-corrected chi connectivity index (χ1v) is 22.1. The molecule has 0 N–H and O–H groups in total. The number of furan rings is 1. The molecular formula is C59H55NO. The summed E-state index contributed by atoms with van der Waals surface area (Å²) in [6, 6.07) is 54.7.